The average Bonchev–Trinajstić information content (AvgIpc) is 3.12. The van der Waals surface area contributed by atoms with Crippen molar-refractivity contribution in [1.82, 2.24) is 4.90 Å². The molecule has 0 aliphatic carbocycles. The highest BCUT2D eigenvalue weighted by Crippen LogP contribution is 2.38. The minimum atomic E-state index is -0.440. The summed E-state index contributed by atoms with van der Waals surface area (Å²) < 4.78 is 5.77. The largest absolute Gasteiger partial charge is 0.465 e. The molecule has 1 aliphatic rings. The summed E-state index contributed by atoms with van der Waals surface area (Å²) in [5.74, 6) is -0.805. The first kappa shape index (κ1) is 22.0. The Balaban J connectivity index is 1.61. The van der Waals surface area contributed by atoms with Crippen LogP contribution in [0.4, 0.5) is 5.00 Å². The molecule has 0 spiro atoms. The van der Waals surface area contributed by atoms with Gasteiger partial charge in [-0.15, -0.1) is 11.3 Å². The number of fused-ring (bicyclic) bond motifs is 1. The van der Waals surface area contributed by atoms with Crippen LogP contribution in [0, 0.1) is 0 Å². The highest BCUT2D eigenvalue weighted by atomic mass is 79.9. The van der Waals surface area contributed by atoms with Crippen molar-refractivity contribution in [3.05, 3.63) is 85.2 Å². The lowest BCUT2D eigenvalue weighted by molar-refractivity contribution is 0.0600. The molecule has 1 N–H and O–H groups in total. The van der Waals surface area contributed by atoms with Gasteiger partial charge in [0.25, 0.3) is 5.91 Å². The van der Waals surface area contributed by atoms with Crippen molar-refractivity contribution in [1.29, 1.82) is 0 Å². The highest BCUT2D eigenvalue weighted by Gasteiger charge is 2.29. The van der Waals surface area contributed by atoms with E-state index in [0.717, 1.165) is 34.4 Å². The fourth-order valence-corrected chi connectivity index (χ4v) is 5.52. The summed E-state index contributed by atoms with van der Waals surface area (Å²) in [5, 5.41) is 3.73. The van der Waals surface area contributed by atoms with E-state index >= 15 is 0 Å². The molecule has 2 heterocycles. The molecule has 0 atom stereocenters. The Hall–Kier alpha value is -2.19. The molecule has 31 heavy (non-hydrogen) atoms. The zero-order chi connectivity index (χ0) is 22.0. The summed E-state index contributed by atoms with van der Waals surface area (Å²) in [6.07, 6.45) is 0.719. The lowest BCUT2D eigenvalue weighted by Crippen LogP contribution is -2.29. The number of halogens is 2. The number of carbonyl (C=O) groups is 2. The van der Waals surface area contributed by atoms with Crippen LogP contribution in [0.5, 0.6) is 0 Å². The summed E-state index contributed by atoms with van der Waals surface area (Å²) >= 11 is 11.0. The number of amides is 1. The van der Waals surface area contributed by atoms with Gasteiger partial charge in [0, 0.05) is 29.0 Å². The molecule has 8 heteroatoms. The molecule has 1 amide bonds. The van der Waals surface area contributed by atoms with Gasteiger partial charge in [-0.05, 0) is 35.7 Å². The van der Waals surface area contributed by atoms with E-state index in [4.69, 9.17) is 16.3 Å². The molecule has 0 unspecified atom stereocenters. The molecule has 5 nitrogen and oxygen atoms in total. The minimum Gasteiger partial charge on any atom is -0.465 e. The number of carbonyl (C=O) groups excluding carboxylic acids is 2. The van der Waals surface area contributed by atoms with Crippen molar-refractivity contribution in [2.75, 3.05) is 19.0 Å². The van der Waals surface area contributed by atoms with Crippen LogP contribution < -0.4 is 5.32 Å². The number of nitrogens with one attached hydrogen (secondary N) is 1. The molecule has 0 saturated heterocycles. The van der Waals surface area contributed by atoms with Gasteiger partial charge in [0.2, 0.25) is 0 Å². The Morgan fingerprint density at radius 3 is 2.74 bits per heavy atom. The van der Waals surface area contributed by atoms with E-state index < -0.39 is 5.97 Å². The third-order valence-electron chi connectivity index (χ3n) is 5.17. The zero-order valence-electron chi connectivity index (χ0n) is 16.8. The van der Waals surface area contributed by atoms with Gasteiger partial charge >= 0.3 is 5.97 Å². The first-order valence-corrected chi connectivity index (χ1v) is 11.7. The van der Waals surface area contributed by atoms with Gasteiger partial charge in [-0.1, -0.05) is 57.9 Å². The molecule has 0 fully saturated rings. The van der Waals surface area contributed by atoms with E-state index in [0.29, 0.717) is 27.7 Å². The Labute approximate surface area is 198 Å². The number of ether oxygens (including phenoxy) is 1. The Bertz CT molecular complexity index is 1130. The first-order chi connectivity index (χ1) is 15.0. The second-order valence-electron chi connectivity index (χ2n) is 7.22. The van der Waals surface area contributed by atoms with Crippen molar-refractivity contribution in [3.63, 3.8) is 0 Å². The van der Waals surface area contributed by atoms with Crippen molar-refractivity contribution < 1.29 is 14.3 Å². The summed E-state index contributed by atoms with van der Waals surface area (Å²) in [5.41, 5.74) is 2.98. The van der Waals surface area contributed by atoms with Crippen LogP contribution in [-0.4, -0.2) is 30.4 Å². The zero-order valence-corrected chi connectivity index (χ0v) is 19.9. The Morgan fingerprint density at radius 2 is 2.00 bits per heavy atom. The summed E-state index contributed by atoms with van der Waals surface area (Å²) in [7, 11) is 1.35. The number of rotatable bonds is 5. The van der Waals surface area contributed by atoms with E-state index in [1.165, 1.54) is 24.0 Å². The highest BCUT2D eigenvalue weighted by molar-refractivity contribution is 9.10. The predicted octanol–water partition coefficient (Wildman–Crippen LogP) is 5.76. The van der Waals surface area contributed by atoms with E-state index in [1.807, 2.05) is 18.2 Å². The van der Waals surface area contributed by atoms with Crippen LogP contribution >= 0.6 is 38.9 Å². The molecular weight excluding hydrogens is 500 g/mol. The Kier molecular flexibility index (Phi) is 6.77. The molecule has 3 aromatic rings. The SMILES string of the molecule is COC(=O)c1c(NC(=O)c2cc(Br)ccc2Cl)sc2c1CCN(Cc1ccccc1)C2. The third-order valence-corrected chi connectivity index (χ3v) is 7.13. The van der Waals surface area contributed by atoms with Crippen LogP contribution in [0.25, 0.3) is 0 Å². The van der Waals surface area contributed by atoms with Crippen LogP contribution in [-0.2, 0) is 24.2 Å². The number of benzene rings is 2. The maximum Gasteiger partial charge on any atom is 0.341 e. The first-order valence-electron chi connectivity index (χ1n) is 9.71. The van der Waals surface area contributed by atoms with Gasteiger partial charge in [-0.3, -0.25) is 9.69 Å². The van der Waals surface area contributed by atoms with Gasteiger partial charge < -0.3 is 10.1 Å². The molecular formula is C23H20BrClN2O3S. The molecule has 0 saturated carbocycles. The predicted molar refractivity (Wildman–Crippen MR) is 127 cm³/mol. The number of esters is 1. The van der Waals surface area contributed by atoms with Crippen molar-refractivity contribution in [2.45, 2.75) is 19.5 Å². The van der Waals surface area contributed by atoms with Crippen LogP contribution in [0.3, 0.4) is 0 Å². The summed E-state index contributed by atoms with van der Waals surface area (Å²) in [6, 6.07) is 15.4. The number of hydrogen-bond donors (Lipinski definition) is 1. The average molecular weight is 520 g/mol. The molecule has 0 radical (unpaired) electrons. The topological polar surface area (TPSA) is 58.6 Å². The molecule has 4 rings (SSSR count). The molecule has 1 aliphatic heterocycles. The van der Waals surface area contributed by atoms with Crippen LogP contribution in [0.15, 0.2) is 53.0 Å². The lowest BCUT2D eigenvalue weighted by atomic mass is 10.0. The summed E-state index contributed by atoms with van der Waals surface area (Å²) in [6.45, 7) is 2.38. The van der Waals surface area contributed by atoms with Gasteiger partial charge in [0.05, 0.1) is 23.3 Å². The monoisotopic (exact) mass is 518 g/mol. The maximum atomic E-state index is 12.9. The fraction of sp³-hybridized carbons (Fsp3) is 0.217. The van der Waals surface area contributed by atoms with Crippen LogP contribution in [0.1, 0.15) is 36.7 Å². The lowest BCUT2D eigenvalue weighted by Gasteiger charge is -2.27. The number of anilines is 1. The number of nitrogens with zero attached hydrogens (tertiary/aromatic N) is 1. The fourth-order valence-electron chi connectivity index (χ4n) is 3.68. The molecule has 1 aromatic heterocycles. The second-order valence-corrected chi connectivity index (χ2v) is 9.65. The molecule has 0 bridgehead atoms. The van der Waals surface area contributed by atoms with Gasteiger partial charge in [-0.2, -0.15) is 0 Å². The summed E-state index contributed by atoms with van der Waals surface area (Å²) in [4.78, 5) is 28.9. The van der Waals surface area contributed by atoms with Gasteiger partial charge in [-0.25, -0.2) is 4.79 Å². The molecule has 160 valence electrons. The van der Waals surface area contributed by atoms with E-state index in [2.05, 4.69) is 38.3 Å². The maximum absolute atomic E-state index is 12.9. The second kappa shape index (κ2) is 9.53. The standard InChI is InChI=1S/C23H20BrClN2O3S/c1-30-23(29)20-16-9-10-27(12-14-5-3-2-4-6-14)13-19(16)31-22(20)26-21(28)17-11-15(24)7-8-18(17)25/h2-8,11H,9-10,12-13H2,1H3,(H,26,28). The minimum absolute atomic E-state index is 0.337. The third kappa shape index (κ3) is 4.85. The van der Waals surface area contributed by atoms with Crippen molar-refractivity contribution in [3.8, 4) is 0 Å². The number of methoxy groups -OCH3 is 1. The van der Waals surface area contributed by atoms with Crippen LogP contribution in [0.2, 0.25) is 5.02 Å². The van der Waals surface area contributed by atoms with E-state index in [9.17, 15) is 9.59 Å². The quantitative estimate of drug-likeness (QED) is 0.435. The normalized spacial score (nSPS) is 13.5. The number of thiophene rings is 1. The Morgan fingerprint density at radius 1 is 1.23 bits per heavy atom. The smallest absolute Gasteiger partial charge is 0.341 e. The van der Waals surface area contributed by atoms with Gasteiger partial charge in [0.1, 0.15) is 5.00 Å². The number of hydrogen-bond acceptors (Lipinski definition) is 5. The van der Waals surface area contributed by atoms with Gasteiger partial charge in [0.15, 0.2) is 0 Å². The van der Waals surface area contributed by atoms with Crippen molar-refractivity contribution in [2.24, 2.45) is 0 Å². The molecule has 2 aromatic carbocycles. The van der Waals surface area contributed by atoms with E-state index in [1.54, 1.807) is 18.2 Å². The van der Waals surface area contributed by atoms with E-state index in [-0.39, 0.29) is 5.91 Å². The van der Waals surface area contributed by atoms with Crippen molar-refractivity contribution >= 4 is 55.7 Å².